The monoisotopic (exact) mass is 428 g/mol. The van der Waals surface area contributed by atoms with E-state index in [-0.39, 0.29) is 13.2 Å². The number of H-pyrrole nitrogens is 1. The summed E-state index contributed by atoms with van der Waals surface area (Å²) in [6.07, 6.45) is 1.67. The number of carbonyl (C=O) groups is 1. The molecule has 1 aromatic carbocycles. The third kappa shape index (κ3) is 4.87. The molecule has 166 valence electrons. The van der Waals surface area contributed by atoms with Crippen LogP contribution in [0, 0.1) is 13.8 Å². The lowest BCUT2D eigenvalue weighted by Gasteiger charge is -2.09. The average Bonchev–Trinajstić information content (AvgIpc) is 3.11. The van der Waals surface area contributed by atoms with Crippen LogP contribution in [0.4, 0.5) is 0 Å². The minimum Gasteiger partial charge on any atom is -0.482 e. The minimum atomic E-state index is -0.551. The van der Waals surface area contributed by atoms with Crippen molar-refractivity contribution in [2.75, 3.05) is 6.61 Å². The Bertz CT molecular complexity index is 1210. The zero-order chi connectivity index (χ0) is 22.5. The Labute approximate surface area is 179 Å². The van der Waals surface area contributed by atoms with Gasteiger partial charge < -0.3 is 14.0 Å². The second-order valence-corrected chi connectivity index (χ2v) is 7.40. The lowest BCUT2D eigenvalue weighted by molar-refractivity contribution is -0.147. The zero-order valence-corrected chi connectivity index (χ0v) is 18.4. The molecule has 0 aliphatic carbocycles. The molecule has 0 radical (unpaired) electrons. The van der Waals surface area contributed by atoms with E-state index in [0.29, 0.717) is 35.8 Å². The van der Waals surface area contributed by atoms with Crippen LogP contribution in [-0.4, -0.2) is 31.7 Å². The predicted octanol–water partition coefficient (Wildman–Crippen LogP) is 2.45. The zero-order valence-electron chi connectivity index (χ0n) is 18.4. The topological polar surface area (TPSA) is 108 Å². The lowest BCUT2D eigenvalue weighted by atomic mass is 10.1. The molecule has 9 heteroatoms. The number of aryl methyl sites for hydroxylation is 4. The van der Waals surface area contributed by atoms with E-state index in [2.05, 4.69) is 9.97 Å². The minimum absolute atomic E-state index is 0.126. The van der Waals surface area contributed by atoms with E-state index in [4.69, 9.17) is 9.47 Å². The smallest absolute Gasteiger partial charge is 0.344 e. The van der Waals surface area contributed by atoms with Crippen molar-refractivity contribution >= 4 is 17.1 Å². The van der Waals surface area contributed by atoms with Gasteiger partial charge in [0.1, 0.15) is 18.2 Å². The van der Waals surface area contributed by atoms with Gasteiger partial charge in [-0.2, -0.15) is 0 Å². The highest BCUT2D eigenvalue weighted by Crippen LogP contribution is 2.17. The fraction of sp³-hybridized carbons (Fsp3) is 0.455. The number of benzene rings is 1. The largest absolute Gasteiger partial charge is 0.482 e. The van der Waals surface area contributed by atoms with Crippen LogP contribution in [0.5, 0.6) is 5.75 Å². The summed E-state index contributed by atoms with van der Waals surface area (Å²) in [6.45, 7) is 8.37. The Kier molecular flexibility index (Phi) is 6.94. The van der Waals surface area contributed by atoms with Gasteiger partial charge in [0, 0.05) is 13.1 Å². The van der Waals surface area contributed by atoms with Crippen LogP contribution in [0.25, 0.3) is 11.2 Å². The molecule has 0 unspecified atom stereocenters. The maximum absolute atomic E-state index is 12.4. The fourth-order valence-corrected chi connectivity index (χ4v) is 3.32. The van der Waals surface area contributed by atoms with Gasteiger partial charge in [-0.15, -0.1) is 0 Å². The summed E-state index contributed by atoms with van der Waals surface area (Å²) >= 11 is 0. The van der Waals surface area contributed by atoms with Crippen molar-refractivity contribution in [3.05, 3.63) is 56.0 Å². The molecule has 0 saturated carbocycles. The van der Waals surface area contributed by atoms with E-state index < -0.39 is 17.2 Å². The Morgan fingerprint density at radius 1 is 1.13 bits per heavy atom. The highest BCUT2D eigenvalue weighted by atomic mass is 16.6. The molecule has 0 bridgehead atoms. The standard InChI is InChI=1S/C22H28N4O5/c1-5-7-10-26-20-19(21(28)24-22(26)29)25(6-2)17(23-20)12-31-18(27)13-30-16-9-8-14(3)15(4)11-16/h8-9,11H,5-7,10,12-13H2,1-4H3,(H,24,28,29). The summed E-state index contributed by atoms with van der Waals surface area (Å²) < 4.78 is 13.9. The number of aromatic amines is 1. The van der Waals surface area contributed by atoms with E-state index >= 15 is 0 Å². The van der Waals surface area contributed by atoms with E-state index in [1.807, 2.05) is 39.8 Å². The Morgan fingerprint density at radius 3 is 2.58 bits per heavy atom. The molecular formula is C22H28N4O5. The van der Waals surface area contributed by atoms with Gasteiger partial charge in [-0.3, -0.25) is 14.3 Å². The number of imidazole rings is 1. The van der Waals surface area contributed by atoms with Crippen molar-refractivity contribution in [1.82, 2.24) is 19.1 Å². The molecule has 9 nitrogen and oxygen atoms in total. The van der Waals surface area contributed by atoms with Crippen LogP contribution in [0.2, 0.25) is 0 Å². The summed E-state index contributed by atoms with van der Waals surface area (Å²) in [5, 5.41) is 0. The Hall–Kier alpha value is -3.36. The molecule has 0 saturated heterocycles. The van der Waals surface area contributed by atoms with Gasteiger partial charge in [-0.05, 0) is 50.5 Å². The van der Waals surface area contributed by atoms with Crippen LogP contribution in [0.15, 0.2) is 27.8 Å². The van der Waals surface area contributed by atoms with Crippen molar-refractivity contribution in [3.8, 4) is 5.75 Å². The van der Waals surface area contributed by atoms with Gasteiger partial charge in [0.15, 0.2) is 17.8 Å². The maximum atomic E-state index is 12.4. The predicted molar refractivity (Wildman–Crippen MR) is 116 cm³/mol. The van der Waals surface area contributed by atoms with Gasteiger partial charge in [-0.1, -0.05) is 19.4 Å². The number of aromatic nitrogens is 4. The molecule has 0 fully saturated rings. The molecular weight excluding hydrogens is 400 g/mol. The number of esters is 1. The first-order valence-corrected chi connectivity index (χ1v) is 10.4. The highest BCUT2D eigenvalue weighted by molar-refractivity contribution is 5.72. The number of ether oxygens (including phenoxy) is 2. The first kappa shape index (κ1) is 22.3. The van der Waals surface area contributed by atoms with Gasteiger partial charge in [0.25, 0.3) is 5.56 Å². The molecule has 3 rings (SSSR count). The van der Waals surface area contributed by atoms with Crippen LogP contribution in [0.3, 0.4) is 0 Å². The number of hydrogen-bond acceptors (Lipinski definition) is 6. The molecule has 0 aliphatic rings. The second-order valence-electron chi connectivity index (χ2n) is 7.40. The number of carbonyl (C=O) groups excluding carboxylic acids is 1. The number of fused-ring (bicyclic) bond motifs is 1. The highest BCUT2D eigenvalue weighted by Gasteiger charge is 2.18. The SMILES string of the molecule is CCCCn1c(=O)[nH]c(=O)c2c1nc(COC(=O)COc1ccc(C)c(C)c1)n2CC. The molecule has 0 amide bonds. The molecule has 1 N–H and O–H groups in total. The van der Waals surface area contributed by atoms with Crippen molar-refractivity contribution < 1.29 is 14.3 Å². The fourth-order valence-electron chi connectivity index (χ4n) is 3.32. The molecule has 0 aliphatic heterocycles. The van der Waals surface area contributed by atoms with Crippen molar-refractivity contribution in [2.24, 2.45) is 0 Å². The summed E-state index contributed by atoms with van der Waals surface area (Å²) in [7, 11) is 0. The first-order valence-electron chi connectivity index (χ1n) is 10.4. The molecule has 2 aromatic heterocycles. The third-order valence-corrected chi connectivity index (χ3v) is 5.21. The van der Waals surface area contributed by atoms with Crippen LogP contribution in [0.1, 0.15) is 43.6 Å². The van der Waals surface area contributed by atoms with Gasteiger partial charge in [0.05, 0.1) is 0 Å². The van der Waals surface area contributed by atoms with E-state index in [1.54, 1.807) is 10.6 Å². The number of rotatable bonds is 9. The van der Waals surface area contributed by atoms with Crippen LogP contribution in [-0.2, 0) is 29.2 Å². The van der Waals surface area contributed by atoms with Gasteiger partial charge >= 0.3 is 11.7 Å². The van der Waals surface area contributed by atoms with Crippen molar-refractivity contribution in [1.29, 1.82) is 0 Å². The quantitative estimate of drug-likeness (QED) is 0.525. The van der Waals surface area contributed by atoms with Gasteiger partial charge in [0.2, 0.25) is 0 Å². The van der Waals surface area contributed by atoms with E-state index in [1.165, 1.54) is 4.57 Å². The summed E-state index contributed by atoms with van der Waals surface area (Å²) in [4.78, 5) is 43.7. The molecule has 0 atom stereocenters. The molecule has 0 spiro atoms. The van der Waals surface area contributed by atoms with Crippen LogP contribution < -0.4 is 16.0 Å². The number of hydrogen-bond donors (Lipinski definition) is 1. The number of nitrogens with one attached hydrogen (secondary N) is 1. The third-order valence-electron chi connectivity index (χ3n) is 5.21. The van der Waals surface area contributed by atoms with Gasteiger partial charge in [-0.25, -0.2) is 14.6 Å². The van der Waals surface area contributed by atoms with Crippen molar-refractivity contribution in [3.63, 3.8) is 0 Å². The Morgan fingerprint density at radius 2 is 1.90 bits per heavy atom. The molecule has 31 heavy (non-hydrogen) atoms. The Balaban J connectivity index is 1.77. The first-order chi connectivity index (χ1) is 14.8. The van der Waals surface area contributed by atoms with E-state index in [0.717, 1.165) is 24.0 Å². The lowest BCUT2D eigenvalue weighted by Crippen LogP contribution is -2.31. The normalized spacial score (nSPS) is 11.1. The summed E-state index contributed by atoms with van der Waals surface area (Å²) in [5.74, 6) is 0.441. The maximum Gasteiger partial charge on any atom is 0.344 e. The van der Waals surface area contributed by atoms with Crippen LogP contribution >= 0.6 is 0 Å². The number of unbranched alkanes of at least 4 members (excludes halogenated alkanes) is 1. The second kappa shape index (κ2) is 9.63. The average molecular weight is 428 g/mol. The molecule has 2 heterocycles. The molecule has 3 aromatic rings. The summed E-state index contributed by atoms with van der Waals surface area (Å²) in [5.41, 5.74) is 1.83. The summed E-state index contributed by atoms with van der Waals surface area (Å²) in [6, 6.07) is 5.59. The van der Waals surface area contributed by atoms with E-state index in [9.17, 15) is 14.4 Å². The number of nitrogens with zero attached hydrogens (tertiary/aromatic N) is 3. The van der Waals surface area contributed by atoms with Crippen molar-refractivity contribution in [2.45, 2.75) is 60.2 Å².